The summed E-state index contributed by atoms with van der Waals surface area (Å²) in [6, 6.07) is 0.817. The van der Waals surface area contributed by atoms with Crippen molar-refractivity contribution in [2.45, 2.75) is 98.6 Å². The van der Waals surface area contributed by atoms with E-state index in [0.29, 0.717) is 11.0 Å². The van der Waals surface area contributed by atoms with Gasteiger partial charge in [-0.25, -0.2) is 0 Å². The van der Waals surface area contributed by atoms with Crippen molar-refractivity contribution in [3.8, 4) is 0 Å². The number of hydrogen-bond donors (Lipinski definition) is 0. The molecule has 1 rings (SSSR count). The molecular weight excluding hydrogens is 230 g/mol. The molecule has 0 aliphatic carbocycles. The summed E-state index contributed by atoms with van der Waals surface area (Å²) in [4.78, 5) is 2.92. The maximum Gasteiger partial charge on any atom is 0.0261 e. The van der Waals surface area contributed by atoms with Crippen LogP contribution in [0.5, 0.6) is 0 Å². The van der Waals surface area contributed by atoms with Gasteiger partial charge in [-0.2, -0.15) is 0 Å². The average Bonchev–Trinajstić information content (AvgIpc) is 2.60. The molecular formula is C18H37N. The molecule has 0 radical (unpaired) electrons. The lowest BCUT2D eigenvalue weighted by Gasteiger charge is -2.49. The molecule has 0 aromatic carbocycles. The van der Waals surface area contributed by atoms with Gasteiger partial charge in [-0.05, 0) is 43.4 Å². The van der Waals surface area contributed by atoms with Crippen LogP contribution < -0.4 is 0 Å². The minimum absolute atomic E-state index is 0.436. The molecule has 1 saturated heterocycles. The molecule has 1 aliphatic rings. The lowest BCUT2D eigenvalue weighted by Crippen LogP contribution is -2.54. The van der Waals surface area contributed by atoms with E-state index in [-0.39, 0.29) is 0 Å². The van der Waals surface area contributed by atoms with Crippen molar-refractivity contribution < 1.29 is 0 Å². The second-order valence-corrected chi connectivity index (χ2v) is 7.35. The van der Waals surface area contributed by atoms with Crippen molar-refractivity contribution in [2.24, 2.45) is 11.3 Å². The first-order chi connectivity index (χ1) is 8.90. The third-order valence-corrected chi connectivity index (χ3v) is 5.93. The lowest BCUT2D eigenvalue weighted by atomic mass is 9.66. The Kier molecular flexibility index (Phi) is 5.92. The minimum Gasteiger partial charge on any atom is -0.294 e. The normalized spacial score (nSPS) is 31.3. The molecule has 114 valence electrons. The van der Waals surface area contributed by atoms with Crippen LogP contribution in [0.1, 0.15) is 87.0 Å². The molecule has 2 unspecified atom stereocenters. The molecule has 1 heterocycles. The zero-order chi connectivity index (χ0) is 14.7. The highest BCUT2D eigenvalue weighted by molar-refractivity contribution is 5.10. The summed E-state index contributed by atoms with van der Waals surface area (Å²) in [6.45, 7) is 18.2. The van der Waals surface area contributed by atoms with Crippen LogP contribution in [0.2, 0.25) is 0 Å². The molecule has 0 aromatic heterocycles. The van der Waals surface area contributed by atoms with Crippen LogP contribution in [0.4, 0.5) is 0 Å². The van der Waals surface area contributed by atoms with Gasteiger partial charge < -0.3 is 0 Å². The van der Waals surface area contributed by atoms with Crippen molar-refractivity contribution in [1.29, 1.82) is 0 Å². The van der Waals surface area contributed by atoms with E-state index in [0.717, 1.165) is 12.0 Å². The monoisotopic (exact) mass is 267 g/mol. The second kappa shape index (κ2) is 6.61. The SMILES string of the molecule is CCCC1CC(C)(CC)C(CC)(CC)N1CC(C)C. The Morgan fingerprint density at radius 1 is 1.05 bits per heavy atom. The summed E-state index contributed by atoms with van der Waals surface area (Å²) in [7, 11) is 0. The largest absolute Gasteiger partial charge is 0.294 e. The molecule has 1 heteroatoms. The highest BCUT2D eigenvalue weighted by Crippen LogP contribution is 2.55. The predicted octanol–water partition coefficient (Wildman–Crippen LogP) is 5.49. The lowest BCUT2D eigenvalue weighted by molar-refractivity contribution is 0.0107. The smallest absolute Gasteiger partial charge is 0.0261 e. The number of rotatable bonds is 7. The van der Waals surface area contributed by atoms with E-state index in [1.165, 1.54) is 45.1 Å². The van der Waals surface area contributed by atoms with Gasteiger partial charge in [0.25, 0.3) is 0 Å². The molecule has 0 spiro atoms. The van der Waals surface area contributed by atoms with Gasteiger partial charge in [0.2, 0.25) is 0 Å². The molecule has 19 heavy (non-hydrogen) atoms. The summed E-state index contributed by atoms with van der Waals surface area (Å²) < 4.78 is 0. The summed E-state index contributed by atoms with van der Waals surface area (Å²) in [5.41, 5.74) is 0.942. The number of nitrogens with zero attached hydrogens (tertiary/aromatic N) is 1. The first-order valence-electron chi connectivity index (χ1n) is 8.67. The number of likely N-dealkylation sites (tertiary alicyclic amines) is 1. The van der Waals surface area contributed by atoms with Crippen molar-refractivity contribution in [3.05, 3.63) is 0 Å². The second-order valence-electron chi connectivity index (χ2n) is 7.35. The third-order valence-electron chi connectivity index (χ3n) is 5.93. The molecule has 2 atom stereocenters. The van der Waals surface area contributed by atoms with Crippen LogP contribution in [0, 0.1) is 11.3 Å². The standard InChI is InChI=1S/C18H37N/c1-8-12-16-13-17(7,9-2)18(10-3,11-4)19(16)14-15(5)6/h15-16H,8-14H2,1-7H3. The summed E-state index contributed by atoms with van der Waals surface area (Å²) in [6.07, 6.45) is 8.05. The quantitative estimate of drug-likeness (QED) is 0.589. The van der Waals surface area contributed by atoms with E-state index >= 15 is 0 Å². The molecule has 1 nitrogen and oxygen atoms in total. The first kappa shape index (κ1) is 17.0. The van der Waals surface area contributed by atoms with Crippen LogP contribution in [-0.4, -0.2) is 23.0 Å². The predicted molar refractivity (Wildman–Crippen MR) is 86.6 cm³/mol. The minimum atomic E-state index is 0.436. The van der Waals surface area contributed by atoms with Crippen molar-refractivity contribution in [3.63, 3.8) is 0 Å². The molecule has 0 N–H and O–H groups in total. The molecule has 0 amide bonds. The zero-order valence-corrected chi connectivity index (χ0v) is 14.6. The molecule has 1 aliphatic heterocycles. The highest BCUT2D eigenvalue weighted by atomic mass is 15.3. The maximum atomic E-state index is 2.92. The van der Waals surface area contributed by atoms with E-state index in [9.17, 15) is 0 Å². The number of hydrogen-bond acceptors (Lipinski definition) is 1. The molecule has 0 bridgehead atoms. The van der Waals surface area contributed by atoms with Crippen molar-refractivity contribution in [1.82, 2.24) is 4.90 Å². The Hall–Kier alpha value is -0.0400. The van der Waals surface area contributed by atoms with Gasteiger partial charge in [0.1, 0.15) is 0 Å². The van der Waals surface area contributed by atoms with Gasteiger partial charge in [0.05, 0.1) is 0 Å². The van der Waals surface area contributed by atoms with E-state index < -0.39 is 0 Å². The van der Waals surface area contributed by atoms with Gasteiger partial charge >= 0.3 is 0 Å². The Morgan fingerprint density at radius 3 is 2.00 bits per heavy atom. The van der Waals surface area contributed by atoms with Crippen molar-refractivity contribution in [2.75, 3.05) is 6.54 Å². The van der Waals surface area contributed by atoms with E-state index in [1.54, 1.807) is 0 Å². The van der Waals surface area contributed by atoms with Crippen LogP contribution in [0.3, 0.4) is 0 Å². The summed E-state index contributed by atoms with van der Waals surface area (Å²) >= 11 is 0. The fourth-order valence-corrected chi connectivity index (χ4v) is 4.81. The Bertz CT molecular complexity index is 267. The third kappa shape index (κ3) is 2.86. The Morgan fingerprint density at radius 2 is 1.63 bits per heavy atom. The fourth-order valence-electron chi connectivity index (χ4n) is 4.81. The highest BCUT2D eigenvalue weighted by Gasteiger charge is 2.56. The zero-order valence-electron chi connectivity index (χ0n) is 14.6. The van der Waals surface area contributed by atoms with Crippen LogP contribution >= 0.6 is 0 Å². The molecule has 0 aromatic rings. The van der Waals surface area contributed by atoms with Crippen molar-refractivity contribution >= 4 is 0 Å². The van der Waals surface area contributed by atoms with Gasteiger partial charge in [-0.15, -0.1) is 0 Å². The summed E-state index contributed by atoms with van der Waals surface area (Å²) in [5, 5.41) is 0. The van der Waals surface area contributed by atoms with E-state index in [2.05, 4.69) is 53.4 Å². The maximum absolute atomic E-state index is 2.92. The Balaban J connectivity index is 3.14. The fraction of sp³-hybridized carbons (Fsp3) is 1.00. The van der Waals surface area contributed by atoms with Gasteiger partial charge in [0, 0.05) is 18.1 Å². The Labute approximate surface area is 122 Å². The van der Waals surface area contributed by atoms with Gasteiger partial charge in [-0.3, -0.25) is 4.90 Å². The topological polar surface area (TPSA) is 3.24 Å². The van der Waals surface area contributed by atoms with Crippen LogP contribution in [0.15, 0.2) is 0 Å². The van der Waals surface area contributed by atoms with Gasteiger partial charge in [-0.1, -0.05) is 54.9 Å². The van der Waals surface area contributed by atoms with E-state index in [4.69, 9.17) is 0 Å². The molecule has 1 fully saturated rings. The average molecular weight is 268 g/mol. The first-order valence-corrected chi connectivity index (χ1v) is 8.67. The van der Waals surface area contributed by atoms with Crippen LogP contribution in [-0.2, 0) is 0 Å². The van der Waals surface area contributed by atoms with Gasteiger partial charge in [0.15, 0.2) is 0 Å². The molecule has 0 saturated carbocycles. The van der Waals surface area contributed by atoms with Crippen LogP contribution in [0.25, 0.3) is 0 Å². The van der Waals surface area contributed by atoms with E-state index in [1.807, 2.05) is 0 Å². The summed E-state index contributed by atoms with van der Waals surface area (Å²) in [5.74, 6) is 0.774.